The van der Waals surface area contributed by atoms with Crippen LogP contribution in [-0.4, -0.2) is 19.0 Å². The van der Waals surface area contributed by atoms with E-state index in [0.717, 1.165) is 11.1 Å². The lowest BCUT2D eigenvalue weighted by Crippen LogP contribution is -2.14. The SMILES string of the molecule is COC(=O)c1c(-c2ccc(C(C)C)cc2)csc1NC(=O)c1ccccc1Cl. The first kappa shape index (κ1) is 20.1. The Bertz CT molecular complexity index is 1010. The highest BCUT2D eigenvalue weighted by molar-refractivity contribution is 7.15. The summed E-state index contributed by atoms with van der Waals surface area (Å²) < 4.78 is 4.96. The number of carbonyl (C=O) groups excluding carboxylic acids is 2. The smallest absolute Gasteiger partial charge is 0.341 e. The summed E-state index contributed by atoms with van der Waals surface area (Å²) in [6, 6.07) is 14.8. The van der Waals surface area contributed by atoms with Gasteiger partial charge in [-0.1, -0.05) is 61.8 Å². The van der Waals surface area contributed by atoms with Crippen molar-refractivity contribution >= 4 is 39.8 Å². The molecule has 0 bridgehead atoms. The molecule has 28 heavy (non-hydrogen) atoms. The second-order valence-electron chi connectivity index (χ2n) is 6.56. The molecule has 0 saturated heterocycles. The summed E-state index contributed by atoms with van der Waals surface area (Å²) in [5, 5.41) is 5.42. The Morgan fingerprint density at radius 2 is 1.75 bits per heavy atom. The lowest BCUT2D eigenvalue weighted by molar-refractivity contribution is 0.0603. The number of rotatable bonds is 5. The zero-order valence-electron chi connectivity index (χ0n) is 15.8. The van der Waals surface area contributed by atoms with Gasteiger partial charge in [-0.2, -0.15) is 0 Å². The van der Waals surface area contributed by atoms with E-state index in [1.54, 1.807) is 24.3 Å². The van der Waals surface area contributed by atoms with Gasteiger partial charge < -0.3 is 10.1 Å². The quantitative estimate of drug-likeness (QED) is 0.504. The van der Waals surface area contributed by atoms with E-state index in [9.17, 15) is 9.59 Å². The molecule has 0 fully saturated rings. The molecule has 3 aromatic rings. The molecule has 0 aliphatic heterocycles. The number of amides is 1. The maximum atomic E-state index is 12.6. The van der Waals surface area contributed by atoms with Crippen LogP contribution in [0.3, 0.4) is 0 Å². The van der Waals surface area contributed by atoms with Gasteiger partial charge in [-0.05, 0) is 29.2 Å². The highest BCUT2D eigenvalue weighted by Gasteiger charge is 2.23. The van der Waals surface area contributed by atoms with Gasteiger partial charge in [0.25, 0.3) is 5.91 Å². The Morgan fingerprint density at radius 3 is 2.36 bits per heavy atom. The Morgan fingerprint density at radius 1 is 1.07 bits per heavy atom. The topological polar surface area (TPSA) is 55.4 Å². The molecular formula is C22H20ClNO3S. The van der Waals surface area contributed by atoms with Gasteiger partial charge >= 0.3 is 5.97 Å². The van der Waals surface area contributed by atoms with Gasteiger partial charge in [-0.25, -0.2) is 4.79 Å². The van der Waals surface area contributed by atoms with Crippen LogP contribution in [0.2, 0.25) is 5.02 Å². The van der Waals surface area contributed by atoms with Gasteiger partial charge in [0.2, 0.25) is 0 Å². The lowest BCUT2D eigenvalue weighted by atomic mass is 9.98. The van der Waals surface area contributed by atoms with Crippen LogP contribution in [0.15, 0.2) is 53.9 Å². The van der Waals surface area contributed by atoms with Crippen molar-refractivity contribution in [2.75, 3.05) is 12.4 Å². The first-order valence-corrected chi connectivity index (χ1v) is 10.0. The first-order chi connectivity index (χ1) is 13.4. The number of halogens is 1. The summed E-state index contributed by atoms with van der Waals surface area (Å²) >= 11 is 7.39. The largest absolute Gasteiger partial charge is 0.465 e. The molecule has 0 spiro atoms. The lowest BCUT2D eigenvalue weighted by Gasteiger charge is -2.10. The number of thiophene rings is 1. The third kappa shape index (κ3) is 4.11. The van der Waals surface area contributed by atoms with Gasteiger partial charge in [0, 0.05) is 10.9 Å². The number of benzene rings is 2. The number of methoxy groups -OCH3 is 1. The van der Waals surface area contributed by atoms with Crippen LogP contribution in [0, 0.1) is 0 Å². The summed E-state index contributed by atoms with van der Waals surface area (Å²) in [5.41, 5.74) is 3.51. The summed E-state index contributed by atoms with van der Waals surface area (Å²) in [7, 11) is 1.32. The van der Waals surface area contributed by atoms with Gasteiger partial charge in [0.05, 0.1) is 17.7 Å². The van der Waals surface area contributed by atoms with E-state index in [-0.39, 0.29) is 5.91 Å². The molecule has 0 saturated carbocycles. The minimum Gasteiger partial charge on any atom is -0.465 e. The van der Waals surface area contributed by atoms with E-state index >= 15 is 0 Å². The number of carbonyl (C=O) groups is 2. The van der Waals surface area contributed by atoms with E-state index in [1.165, 1.54) is 24.0 Å². The third-order valence-electron chi connectivity index (χ3n) is 4.41. The molecule has 1 aromatic heterocycles. The zero-order chi connectivity index (χ0) is 20.3. The normalized spacial score (nSPS) is 10.8. The highest BCUT2D eigenvalue weighted by Crippen LogP contribution is 2.37. The number of ether oxygens (including phenoxy) is 1. The molecule has 0 radical (unpaired) electrons. The van der Waals surface area contributed by atoms with Crippen LogP contribution in [0.1, 0.15) is 46.0 Å². The molecule has 4 nitrogen and oxygen atoms in total. The van der Waals surface area contributed by atoms with Crippen LogP contribution in [0.5, 0.6) is 0 Å². The molecular weight excluding hydrogens is 394 g/mol. The van der Waals surface area contributed by atoms with Crippen LogP contribution in [0.4, 0.5) is 5.00 Å². The molecule has 144 valence electrons. The average Bonchev–Trinajstić information content (AvgIpc) is 3.11. The molecule has 1 amide bonds. The molecule has 1 heterocycles. The minimum atomic E-state index is -0.501. The van der Waals surface area contributed by atoms with E-state index in [2.05, 4.69) is 19.2 Å². The van der Waals surface area contributed by atoms with Gasteiger partial charge in [-0.15, -0.1) is 11.3 Å². The number of esters is 1. The van der Waals surface area contributed by atoms with Crippen molar-refractivity contribution in [3.05, 3.63) is 75.6 Å². The van der Waals surface area contributed by atoms with Crippen molar-refractivity contribution < 1.29 is 14.3 Å². The average molecular weight is 414 g/mol. The number of anilines is 1. The molecule has 1 N–H and O–H groups in total. The van der Waals surface area contributed by atoms with Crippen molar-refractivity contribution in [3.8, 4) is 11.1 Å². The van der Waals surface area contributed by atoms with Gasteiger partial charge in [-0.3, -0.25) is 4.79 Å². The molecule has 6 heteroatoms. The van der Waals surface area contributed by atoms with Crippen molar-refractivity contribution in [3.63, 3.8) is 0 Å². The van der Waals surface area contributed by atoms with Crippen LogP contribution >= 0.6 is 22.9 Å². The maximum Gasteiger partial charge on any atom is 0.341 e. The first-order valence-electron chi connectivity index (χ1n) is 8.78. The standard InChI is InChI=1S/C22H20ClNO3S/c1-13(2)14-8-10-15(11-9-14)17-12-28-21(19(17)22(26)27-3)24-20(25)16-6-4-5-7-18(16)23/h4-13H,1-3H3,(H,24,25). The van der Waals surface area contributed by atoms with Crippen LogP contribution in [-0.2, 0) is 4.74 Å². The van der Waals surface area contributed by atoms with E-state index in [1.807, 2.05) is 29.6 Å². The Kier molecular flexibility index (Phi) is 6.17. The van der Waals surface area contributed by atoms with Crippen LogP contribution in [0.25, 0.3) is 11.1 Å². The molecule has 2 aromatic carbocycles. The molecule has 0 aliphatic rings. The Balaban J connectivity index is 1.98. The fourth-order valence-electron chi connectivity index (χ4n) is 2.83. The van der Waals surface area contributed by atoms with E-state index in [4.69, 9.17) is 16.3 Å². The Labute approximate surface area is 173 Å². The number of hydrogen-bond donors (Lipinski definition) is 1. The molecule has 0 atom stereocenters. The second-order valence-corrected chi connectivity index (χ2v) is 7.84. The van der Waals surface area contributed by atoms with Gasteiger partial charge in [0.15, 0.2) is 0 Å². The fraction of sp³-hybridized carbons (Fsp3) is 0.182. The van der Waals surface area contributed by atoms with Crippen molar-refractivity contribution in [1.82, 2.24) is 0 Å². The molecule has 0 unspecified atom stereocenters. The summed E-state index contributed by atoms with van der Waals surface area (Å²) in [4.78, 5) is 25.1. The van der Waals surface area contributed by atoms with E-state index in [0.29, 0.717) is 27.1 Å². The second kappa shape index (κ2) is 8.59. The van der Waals surface area contributed by atoms with Crippen molar-refractivity contribution in [1.29, 1.82) is 0 Å². The zero-order valence-corrected chi connectivity index (χ0v) is 17.4. The number of hydrogen-bond acceptors (Lipinski definition) is 4. The van der Waals surface area contributed by atoms with Gasteiger partial charge in [0.1, 0.15) is 10.6 Å². The Hall–Kier alpha value is -2.63. The van der Waals surface area contributed by atoms with Crippen molar-refractivity contribution in [2.45, 2.75) is 19.8 Å². The maximum absolute atomic E-state index is 12.6. The third-order valence-corrected chi connectivity index (χ3v) is 5.64. The van der Waals surface area contributed by atoms with E-state index < -0.39 is 5.97 Å². The summed E-state index contributed by atoms with van der Waals surface area (Å²) in [6.45, 7) is 4.25. The fourth-order valence-corrected chi connectivity index (χ4v) is 4.00. The summed E-state index contributed by atoms with van der Waals surface area (Å²) in [6.07, 6.45) is 0. The molecule has 3 rings (SSSR count). The minimum absolute atomic E-state index is 0.338. The number of nitrogens with one attached hydrogen (secondary N) is 1. The highest BCUT2D eigenvalue weighted by atomic mass is 35.5. The van der Waals surface area contributed by atoms with Crippen LogP contribution < -0.4 is 5.32 Å². The summed E-state index contributed by atoms with van der Waals surface area (Å²) in [5.74, 6) is -0.458. The predicted octanol–water partition coefficient (Wildman–Crippen LogP) is 6.23. The van der Waals surface area contributed by atoms with Crippen molar-refractivity contribution in [2.24, 2.45) is 0 Å². The predicted molar refractivity (Wildman–Crippen MR) is 115 cm³/mol. The molecule has 0 aliphatic carbocycles. The monoisotopic (exact) mass is 413 g/mol.